The summed E-state index contributed by atoms with van der Waals surface area (Å²) in [5.74, 6) is 0. The van der Waals surface area contributed by atoms with Gasteiger partial charge in [-0.1, -0.05) is 0 Å². The molecule has 0 unspecified atom stereocenters. The monoisotopic (exact) mass is 92.0 g/mol. The van der Waals surface area contributed by atoms with Crippen LogP contribution in [0.4, 0.5) is 4.39 Å². The molecule has 0 aromatic carbocycles. The van der Waals surface area contributed by atoms with E-state index in [1.54, 1.807) is 0 Å². The summed E-state index contributed by atoms with van der Waals surface area (Å²) in [5.41, 5.74) is 0. The average molecular weight is 92.1 g/mol. The third-order valence-electron chi connectivity index (χ3n) is 0.308. The number of rotatable bonds is 2. The maximum Gasteiger partial charge on any atom is 0.303 e. The molecule has 0 fully saturated rings. The Morgan fingerprint density at radius 1 is 1.83 bits per heavy atom. The van der Waals surface area contributed by atoms with E-state index in [1.807, 2.05) is 0 Å². The molecule has 0 rings (SSSR count). The predicted octanol–water partition coefficient (Wildman–Crippen LogP) is -0.135. The van der Waals surface area contributed by atoms with Crippen molar-refractivity contribution >= 4 is 6.04 Å². The molecule has 1 N–H and O–H groups in total. The second-order valence-corrected chi connectivity index (χ2v) is 0.829. The molecule has 0 aromatic heterocycles. The first kappa shape index (κ1) is 5.56. The molecular formula is C3H5FO2. The number of aliphatic hydroxyl groups is 1. The highest BCUT2D eigenvalue weighted by Crippen LogP contribution is 1.77. The van der Waals surface area contributed by atoms with Gasteiger partial charge >= 0.3 is 6.04 Å². The van der Waals surface area contributed by atoms with E-state index in [4.69, 9.17) is 5.11 Å². The minimum Gasteiger partial charge on any atom is -0.396 e. The molecule has 0 spiro atoms. The van der Waals surface area contributed by atoms with Crippen LogP contribution in [0.25, 0.3) is 0 Å². The van der Waals surface area contributed by atoms with Crippen LogP contribution < -0.4 is 0 Å². The van der Waals surface area contributed by atoms with E-state index in [9.17, 15) is 9.18 Å². The number of hydrogen-bond donors (Lipinski definition) is 1. The Kier molecular flexibility index (Phi) is 2.58. The lowest BCUT2D eigenvalue weighted by Crippen LogP contribution is -1.90. The first-order valence-corrected chi connectivity index (χ1v) is 1.56. The van der Waals surface area contributed by atoms with Crippen LogP contribution in [0.3, 0.4) is 0 Å². The maximum absolute atomic E-state index is 10.9. The van der Waals surface area contributed by atoms with E-state index in [0.29, 0.717) is 0 Å². The summed E-state index contributed by atoms with van der Waals surface area (Å²) in [7, 11) is 0. The van der Waals surface area contributed by atoms with Crippen molar-refractivity contribution in [3.8, 4) is 0 Å². The highest BCUT2D eigenvalue weighted by atomic mass is 19.1. The Hall–Kier alpha value is -0.440. The van der Waals surface area contributed by atoms with Gasteiger partial charge in [-0.05, 0) is 0 Å². The number of hydrogen-bond acceptors (Lipinski definition) is 2. The standard InChI is InChI=1S/C3H5FO2/c4-3(6)1-2-5/h5H,1-2H2. The Balaban J connectivity index is 2.83. The largest absolute Gasteiger partial charge is 0.396 e. The van der Waals surface area contributed by atoms with Crippen molar-refractivity contribution in [1.29, 1.82) is 0 Å². The first-order valence-electron chi connectivity index (χ1n) is 1.56. The molecule has 0 saturated carbocycles. The molecule has 0 bridgehead atoms. The van der Waals surface area contributed by atoms with E-state index in [0.717, 1.165) is 0 Å². The normalized spacial score (nSPS) is 8.33. The number of aliphatic hydroxyl groups excluding tert-OH is 1. The Labute approximate surface area is 34.6 Å². The molecule has 6 heavy (non-hydrogen) atoms. The van der Waals surface area contributed by atoms with Crippen molar-refractivity contribution in [2.24, 2.45) is 0 Å². The van der Waals surface area contributed by atoms with Crippen molar-refractivity contribution in [3.05, 3.63) is 0 Å². The van der Waals surface area contributed by atoms with Crippen LogP contribution in [-0.4, -0.2) is 17.8 Å². The SMILES string of the molecule is O=C(F)CCO. The quantitative estimate of drug-likeness (QED) is 0.481. The minimum atomic E-state index is -1.46. The summed E-state index contributed by atoms with van der Waals surface area (Å²) < 4.78 is 10.9. The zero-order chi connectivity index (χ0) is 4.99. The fourth-order valence-corrected chi connectivity index (χ4v) is 0.0879. The highest BCUT2D eigenvalue weighted by Gasteiger charge is 1.90. The third kappa shape index (κ3) is 3.56. The topological polar surface area (TPSA) is 37.3 Å². The Morgan fingerprint density at radius 3 is 2.33 bits per heavy atom. The van der Waals surface area contributed by atoms with Crippen LogP contribution in [0, 0.1) is 0 Å². The lowest BCUT2D eigenvalue weighted by atomic mass is 10.5. The lowest BCUT2D eigenvalue weighted by Gasteiger charge is -1.76. The minimum absolute atomic E-state index is 0.375. The second kappa shape index (κ2) is 2.78. The van der Waals surface area contributed by atoms with Crippen molar-refractivity contribution < 1.29 is 14.3 Å². The Bertz CT molecular complexity index is 52.8. The molecular weight excluding hydrogens is 87.0 g/mol. The van der Waals surface area contributed by atoms with E-state index in [1.165, 1.54) is 0 Å². The van der Waals surface area contributed by atoms with Crippen LogP contribution in [0.1, 0.15) is 6.42 Å². The number of halogens is 1. The van der Waals surface area contributed by atoms with Crippen molar-refractivity contribution in [2.45, 2.75) is 6.42 Å². The van der Waals surface area contributed by atoms with Gasteiger partial charge in [0.1, 0.15) is 0 Å². The van der Waals surface area contributed by atoms with E-state index in [2.05, 4.69) is 0 Å². The summed E-state index contributed by atoms with van der Waals surface area (Å²) in [4.78, 5) is 9.22. The van der Waals surface area contributed by atoms with E-state index < -0.39 is 12.6 Å². The van der Waals surface area contributed by atoms with Gasteiger partial charge in [-0.25, -0.2) is 0 Å². The molecule has 0 saturated heterocycles. The molecule has 2 nitrogen and oxygen atoms in total. The van der Waals surface area contributed by atoms with Crippen LogP contribution >= 0.6 is 0 Å². The van der Waals surface area contributed by atoms with Gasteiger partial charge in [-0.2, -0.15) is 4.39 Å². The van der Waals surface area contributed by atoms with Crippen molar-refractivity contribution in [3.63, 3.8) is 0 Å². The van der Waals surface area contributed by atoms with Crippen molar-refractivity contribution in [1.82, 2.24) is 0 Å². The van der Waals surface area contributed by atoms with Crippen LogP contribution in [0.15, 0.2) is 0 Å². The van der Waals surface area contributed by atoms with Gasteiger partial charge in [0.15, 0.2) is 0 Å². The molecule has 0 radical (unpaired) electrons. The van der Waals surface area contributed by atoms with Gasteiger partial charge in [-0.3, -0.25) is 4.79 Å². The van der Waals surface area contributed by atoms with Crippen LogP contribution in [0.5, 0.6) is 0 Å². The van der Waals surface area contributed by atoms with Crippen molar-refractivity contribution in [2.75, 3.05) is 6.61 Å². The number of carbonyl (C=O) groups is 1. The number of carbonyl (C=O) groups excluding carboxylic acids is 1. The molecule has 0 aromatic rings. The molecule has 0 aliphatic carbocycles. The van der Waals surface area contributed by atoms with Gasteiger partial charge < -0.3 is 5.11 Å². The summed E-state index contributed by atoms with van der Waals surface area (Å²) in [6, 6.07) is -1.46. The van der Waals surface area contributed by atoms with Gasteiger partial charge in [0, 0.05) is 0 Å². The summed E-state index contributed by atoms with van der Waals surface area (Å²) >= 11 is 0. The summed E-state index contributed by atoms with van der Waals surface area (Å²) in [5, 5.41) is 7.78. The molecule has 0 heterocycles. The zero-order valence-electron chi connectivity index (χ0n) is 3.15. The third-order valence-corrected chi connectivity index (χ3v) is 0.308. The van der Waals surface area contributed by atoms with Crippen LogP contribution in [0.2, 0.25) is 0 Å². The van der Waals surface area contributed by atoms with Gasteiger partial charge in [0.2, 0.25) is 0 Å². The predicted molar refractivity (Wildman–Crippen MR) is 17.8 cm³/mol. The fourth-order valence-electron chi connectivity index (χ4n) is 0.0879. The van der Waals surface area contributed by atoms with Gasteiger partial charge in [-0.15, -0.1) is 0 Å². The molecule has 0 aliphatic rings. The molecule has 0 amide bonds. The molecule has 3 heteroatoms. The highest BCUT2D eigenvalue weighted by molar-refractivity contribution is 5.67. The van der Waals surface area contributed by atoms with E-state index >= 15 is 0 Å². The van der Waals surface area contributed by atoms with Gasteiger partial charge in [0.05, 0.1) is 13.0 Å². The summed E-state index contributed by atoms with van der Waals surface area (Å²) in [6.45, 7) is -0.394. The van der Waals surface area contributed by atoms with Crippen LogP contribution in [-0.2, 0) is 4.79 Å². The first-order chi connectivity index (χ1) is 2.77. The molecule has 0 aliphatic heterocycles. The van der Waals surface area contributed by atoms with E-state index in [-0.39, 0.29) is 6.42 Å². The molecule has 36 valence electrons. The Morgan fingerprint density at radius 2 is 2.33 bits per heavy atom. The summed E-state index contributed by atoms with van der Waals surface area (Å²) in [6.07, 6.45) is -0.375. The molecule has 0 atom stereocenters. The second-order valence-electron chi connectivity index (χ2n) is 0.829. The lowest BCUT2D eigenvalue weighted by molar-refractivity contribution is -0.129. The smallest absolute Gasteiger partial charge is 0.303 e. The fraction of sp³-hybridized carbons (Fsp3) is 0.667. The average Bonchev–Trinajstić information content (AvgIpc) is 1.35. The van der Waals surface area contributed by atoms with Gasteiger partial charge in [0.25, 0.3) is 0 Å². The zero-order valence-corrected chi connectivity index (χ0v) is 3.15. The maximum atomic E-state index is 10.9.